The lowest BCUT2D eigenvalue weighted by Gasteiger charge is -2.35. The third kappa shape index (κ3) is 3.71. The predicted molar refractivity (Wildman–Crippen MR) is 82.9 cm³/mol. The molecule has 0 radical (unpaired) electrons. The van der Waals surface area contributed by atoms with Crippen molar-refractivity contribution in [1.82, 2.24) is 4.90 Å². The summed E-state index contributed by atoms with van der Waals surface area (Å²) in [5.74, 6) is 0. The molecule has 1 aromatic rings. The lowest BCUT2D eigenvalue weighted by molar-refractivity contribution is 0.312. The van der Waals surface area contributed by atoms with Gasteiger partial charge in [-0.1, -0.05) is 24.6 Å². The van der Waals surface area contributed by atoms with Gasteiger partial charge in [-0.25, -0.2) is 0 Å². The van der Waals surface area contributed by atoms with Crippen LogP contribution in [0.25, 0.3) is 0 Å². The van der Waals surface area contributed by atoms with Crippen molar-refractivity contribution in [3.8, 4) is 0 Å². The molecule has 106 valence electrons. The fourth-order valence-electron chi connectivity index (χ4n) is 2.66. The normalized spacial score (nSPS) is 18.6. The van der Waals surface area contributed by atoms with Crippen molar-refractivity contribution in [3.63, 3.8) is 0 Å². The number of nitrogens with two attached hydrogens (primary N) is 1. The molecule has 0 amide bonds. The zero-order valence-electron chi connectivity index (χ0n) is 12.5. The van der Waals surface area contributed by atoms with Gasteiger partial charge in [-0.15, -0.1) is 0 Å². The fraction of sp³-hybridized carbons (Fsp3) is 0.625. The fourth-order valence-corrected chi connectivity index (χ4v) is 2.66. The Morgan fingerprint density at radius 1 is 1.21 bits per heavy atom. The number of aryl methyl sites for hydroxylation is 1. The summed E-state index contributed by atoms with van der Waals surface area (Å²) in [5.41, 5.74) is 10.3. The van der Waals surface area contributed by atoms with Gasteiger partial charge in [0.2, 0.25) is 0 Å². The van der Waals surface area contributed by atoms with E-state index in [2.05, 4.69) is 48.9 Å². The van der Waals surface area contributed by atoms with Crippen LogP contribution in [0.3, 0.4) is 0 Å². The van der Waals surface area contributed by atoms with Crippen LogP contribution in [0.5, 0.6) is 0 Å². The summed E-state index contributed by atoms with van der Waals surface area (Å²) in [7, 11) is 2.19. The van der Waals surface area contributed by atoms with Gasteiger partial charge >= 0.3 is 0 Å². The van der Waals surface area contributed by atoms with Crippen LogP contribution in [0.1, 0.15) is 24.5 Å². The molecule has 1 atom stereocenters. The van der Waals surface area contributed by atoms with Gasteiger partial charge in [0, 0.05) is 37.9 Å². The van der Waals surface area contributed by atoms with Crippen molar-refractivity contribution >= 4 is 5.69 Å². The molecule has 3 nitrogen and oxygen atoms in total. The van der Waals surface area contributed by atoms with E-state index < -0.39 is 0 Å². The van der Waals surface area contributed by atoms with Crippen molar-refractivity contribution < 1.29 is 0 Å². The Kier molecular flexibility index (Phi) is 4.83. The highest BCUT2D eigenvalue weighted by Crippen LogP contribution is 2.24. The zero-order chi connectivity index (χ0) is 13.8. The molecular weight excluding hydrogens is 234 g/mol. The molecular formula is C16H27N3. The van der Waals surface area contributed by atoms with Crippen LogP contribution in [-0.4, -0.2) is 44.2 Å². The van der Waals surface area contributed by atoms with Gasteiger partial charge in [-0.3, -0.25) is 0 Å². The Morgan fingerprint density at radius 3 is 2.53 bits per heavy atom. The van der Waals surface area contributed by atoms with Gasteiger partial charge in [0.25, 0.3) is 0 Å². The van der Waals surface area contributed by atoms with Crippen LogP contribution in [0.15, 0.2) is 18.2 Å². The molecule has 19 heavy (non-hydrogen) atoms. The molecule has 0 saturated carbocycles. The molecule has 2 N–H and O–H groups in total. The van der Waals surface area contributed by atoms with Crippen LogP contribution in [0.4, 0.5) is 5.69 Å². The molecule has 0 aromatic heterocycles. The zero-order valence-corrected chi connectivity index (χ0v) is 12.5. The highest BCUT2D eigenvalue weighted by atomic mass is 15.2. The minimum atomic E-state index is 0.271. The molecule has 1 heterocycles. The van der Waals surface area contributed by atoms with Gasteiger partial charge in [-0.2, -0.15) is 0 Å². The topological polar surface area (TPSA) is 32.5 Å². The quantitative estimate of drug-likeness (QED) is 0.900. The van der Waals surface area contributed by atoms with Crippen LogP contribution in [0.2, 0.25) is 0 Å². The molecule has 1 saturated heterocycles. The van der Waals surface area contributed by atoms with E-state index in [9.17, 15) is 0 Å². The minimum Gasteiger partial charge on any atom is -0.369 e. The second kappa shape index (κ2) is 6.40. The molecule has 3 heteroatoms. The minimum absolute atomic E-state index is 0.271. The number of likely N-dealkylation sites (N-methyl/N-ethyl adjacent to an activating group) is 1. The molecule has 1 unspecified atom stereocenters. The predicted octanol–water partition coefficient (Wildman–Crippen LogP) is 2.03. The second-order valence-corrected chi connectivity index (χ2v) is 5.79. The number of hydrogen-bond donors (Lipinski definition) is 1. The largest absolute Gasteiger partial charge is 0.369 e. The summed E-state index contributed by atoms with van der Waals surface area (Å²) in [6.45, 7) is 8.85. The Morgan fingerprint density at radius 2 is 1.89 bits per heavy atom. The smallest absolute Gasteiger partial charge is 0.0400 e. The molecule has 1 aliphatic heterocycles. The van der Waals surface area contributed by atoms with Crippen molar-refractivity contribution in [2.75, 3.05) is 38.1 Å². The molecule has 1 aromatic carbocycles. The van der Waals surface area contributed by atoms with Crippen LogP contribution in [0, 0.1) is 6.92 Å². The first-order chi connectivity index (χ1) is 9.10. The van der Waals surface area contributed by atoms with Gasteiger partial charge in [0.15, 0.2) is 0 Å². The molecule has 0 aliphatic carbocycles. The standard InChI is InChI=1S/C16H27N3/c1-4-15(17)12-14-11-13(2)5-6-16(14)19-9-7-18(3)8-10-19/h5-6,11,15H,4,7-10,12,17H2,1-3H3. The highest BCUT2D eigenvalue weighted by molar-refractivity contribution is 5.55. The average molecular weight is 261 g/mol. The summed E-state index contributed by atoms with van der Waals surface area (Å²) in [6, 6.07) is 7.07. The summed E-state index contributed by atoms with van der Waals surface area (Å²) < 4.78 is 0. The molecule has 0 spiro atoms. The molecule has 2 rings (SSSR count). The maximum absolute atomic E-state index is 6.15. The van der Waals surface area contributed by atoms with E-state index in [1.807, 2.05) is 0 Å². The number of rotatable bonds is 4. The number of nitrogens with zero attached hydrogens (tertiary/aromatic N) is 2. The van der Waals surface area contributed by atoms with E-state index in [1.54, 1.807) is 0 Å². The Bertz CT molecular complexity index is 408. The maximum atomic E-state index is 6.15. The van der Waals surface area contributed by atoms with E-state index in [0.29, 0.717) is 0 Å². The van der Waals surface area contributed by atoms with Crippen LogP contribution < -0.4 is 10.6 Å². The lowest BCUT2D eigenvalue weighted by atomic mass is 9.99. The van der Waals surface area contributed by atoms with Crippen molar-refractivity contribution in [2.45, 2.75) is 32.7 Å². The Balaban J connectivity index is 2.18. The van der Waals surface area contributed by atoms with Crippen LogP contribution in [-0.2, 0) is 6.42 Å². The summed E-state index contributed by atoms with van der Waals surface area (Å²) in [4.78, 5) is 4.90. The highest BCUT2D eigenvalue weighted by Gasteiger charge is 2.17. The van der Waals surface area contributed by atoms with E-state index in [1.165, 1.54) is 16.8 Å². The number of benzene rings is 1. The first kappa shape index (κ1) is 14.4. The van der Waals surface area contributed by atoms with Gasteiger partial charge in [-0.05, 0) is 38.4 Å². The van der Waals surface area contributed by atoms with E-state index in [0.717, 1.165) is 39.0 Å². The van der Waals surface area contributed by atoms with Gasteiger partial charge in [0.05, 0.1) is 0 Å². The summed E-state index contributed by atoms with van der Waals surface area (Å²) in [5, 5.41) is 0. The summed E-state index contributed by atoms with van der Waals surface area (Å²) >= 11 is 0. The number of anilines is 1. The third-order valence-corrected chi connectivity index (χ3v) is 4.09. The summed E-state index contributed by atoms with van der Waals surface area (Å²) in [6.07, 6.45) is 2.02. The maximum Gasteiger partial charge on any atom is 0.0400 e. The molecule has 0 bridgehead atoms. The van der Waals surface area contributed by atoms with Crippen molar-refractivity contribution in [2.24, 2.45) is 5.73 Å². The number of hydrogen-bond acceptors (Lipinski definition) is 3. The monoisotopic (exact) mass is 261 g/mol. The average Bonchev–Trinajstić information content (AvgIpc) is 2.40. The SMILES string of the molecule is CCC(N)Cc1cc(C)ccc1N1CCN(C)CC1. The van der Waals surface area contributed by atoms with E-state index >= 15 is 0 Å². The van der Waals surface area contributed by atoms with Gasteiger partial charge in [0.1, 0.15) is 0 Å². The molecule has 1 fully saturated rings. The molecule has 1 aliphatic rings. The van der Waals surface area contributed by atoms with Crippen molar-refractivity contribution in [3.05, 3.63) is 29.3 Å². The third-order valence-electron chi connectivity index (χ3n) is 4.09. The Hall–Kier alpha value is -1.06. The van der Waals surface area contributed by atoms with Gasteiger partial charge < -0.3 is 15.5 Å². The first-order valence-corrected chi connectivity index (χ1v) is 7.38. The first-order valence-electron chi connectivity index (χ1n) is 7.38. The number of piperazine rings is 1. The Labute approximate surface area is 117 Å². The van der Waals surface area contributed by atoms with E-state index in [-0.39, 0.29) is 6.04 Å². The lowest BCUT2D eigenvalue weighted by Crippen LogP contribution is -2.45. The van der Waals surface area contributed by atoms with E-state index in [4.69, 9.17) is 5.73 Å². The van der Waals surface area contributed by atoms with Crippen LogP contribution >= 0.6 is 0 Å². The van der Waals surface area contributed by atoms with Crippen molar-refractivity contribution in [1.29, 1.82) is 0 Å². The second-order valence-electron chi connectivity index (χ2n) is 5.79.